The number of fused-ring (bicyclic) bond motifs is 8. The van der Waals surface area contributed by atoms with Crippen LogP contribution in [-0.4, -0.2) is 0 Å². The molecule has 0 spiro atoms. The maximum Gasteiger partial charge on any atom is -0.000719 e. The van der Waals surface area contributed by atoms with Crippen LogP contribution in [-0.2, 0) is 0 Å². The molecule has 0 aliphatic rings. The molecule has 304 valence electrons. The normalized spacial score (nSPS) is 11.9. The van der Waals surface area contributed by atoms with E-state index in [0.717, 1.165) is 0 Å². The first-order chi connectivity index (χ1) is 32.8. The predicted octanol–water partition coefficient (Wildman–Crippen LogP) is 18.6. The molecular formula is C66H40. The van der Waals surface area contributed by atoms with Gasteiger partial charge in [-0.05, 0) is 154 Å². The molecule has 0 nitrogen and oxygen atoms in total. The van der Waals surface area contributed by atoms with E-state index in [4.69, 9.17) is 0 Å². The van der Waals surface area contributed by atoms with Crippen molar-refractivity contribution in [3.05, 3.63) is 243 Å². The molecule has 0 unspecified atom stereocenters. The third kappa shape index (κ3) is 5.33. The molecule has 0 heterocycles. The van der Waals surface area contributed by atoms with Gasteiger partial charge in [-0.25, -0.2) is 0 Å². The number of rotatable bonds is 6. The molecule has 0 fully saturated rings. The van der Waals surface area contributed by atoms with E-state index in [1.165, 1.54) is 142 Å². The summed E-state index contributed by atoms with van der Waals surface area (Å²) in [7, 11) is 0. The lowest BCUT2D eigenvalue weighted by molar-refractivity contribution is 1.60. The molecule has 14 aromatic rings. The van der Waals surface area contributed by atoms with Crippen molar-refractivity contribution >= 4 is 75.4 Å². The van der Waals surface area contributed by atoms with Gasteiger partial charge in [0.25, 0.3) is 0 Å². The largest absolute Gasteiger partial charge is 0.0622 e. The molecule has 0 heteroatoms. The Balaban J connectivity index is 1.14. The minimum absolute atomic E-state index is 1.22. The van der Waals surface area contributed by atoms with Crippen molar-refractivity contribution < 1.29 is 0 Å². The molecule has 0 radical (unpaired) electrons. The fourth-order valence-electron chi connectivity index (χ4n) is 11.7. The van der Waals surface area contributed by atoms with Crippen molar-refractivity contribution in [3.8, 4) is 66.8 Å². The van der Waals surface area contributed by atoms with Gasteiger partial charge in [0.15, 0.2) is 0 Å². The van der Waals surface area contributed by atoms with Crippen molar-refractivity contribution in [2.45, 2.75) is 0 Å². The molecular weight excluding hydrogens is 793 g/mol. The van der Waals surface area contributed by atoms with Gasteiger partial charge in [-0.1, -0.05) is 231 Å². The lowest BCUT2D eigenvalue weighted by Gasteiger charge is -2.19. The highest BCUT2D eigenvalue weighted by Crippen LogP contribution is 2.55. The van der Waals surface area contributed by atoms with Gasteiger partial charge in [0.2, 0.25) is 0 Å². The highest BCUT2D eigenvalue weighted by molar-refractivity contribution is 6.45. The van der Waals surface area contributed by atoms with Gasteiger partial charge >= 0.3 is 0 Å². The van der Waals surface area contributed by atoms with E-state index in [1.54, 1.807) is 0 Å². The minimum atomic E-state index is 1.22. The Hall–Kier alpha value is -8.58. The van der Waals surface area contributed by atoms with Crippen LogP contribution in [0, 0.1) is 0 Å². The SMILES string of the molecule is c1ccc(-c2ccccc2-c2ccc3c(c2)c2cccc4c5c(-c6ccccc6)c6c7cccc8c(-c9ccccc9-c9ccccc9)ccc(c6c(-c6ccccc6)c5cc3c24)c87)cc1. The van der Waals surface area contributed by atoms with Crippen LogP contribution in [0.25, 0.3) is 142 Å². The molecule has 0 atom stereocenters. The minimum Gasteiger partial charge on any atom is -0.0622 e. The van der Waals surface area contributed by atoms with Gasteiger partial charge in [0, 0.05) is 0 Å². The lowest BCUT2D eigenvalue weighted by atomic mass is 9.84. The second-order valence-corrected chi connectivity index (χ2v) is 17.8. The Morgan fingerprint density at radius 1 is 0.152 bits per heavy atom. The molecule has 0 aliphatic carbocycles. The second kappa shape index (κ2) is 14.5. The molecule has 66 heavy (non-hydrogen) atoms. The zero-order valence-corrected chi connectivity index (χ0v) is 36.1. The zero-order valence-electron chi connectivity index (χ0n) is 36.1. The zero-order chi connectivity index (χ0) is 43.3. The standard InChI is InChI=1S/C66H40/c1-5-19-41(20-6-1)46-27-13-14-29-48(46)45-35-36-51-57(39-45)53-32-18-33-54-63(53)58(51)40-59-60(43-23-9-3-10-24-43)65-56-38-37-50(49-30-16-15-28-47(49)42-21-7-2-8-22-42)52-31-17-34-55(62(52)56)66(65)61(64(54)59)44-25-11-4-12-26-44/h1-40H. The summed E-state index contributed by atoms with van der Waals surface area (Å²) < 4.78 is 0. The smallest absolute Gasteiger partial charge is 0.000719 e. The highest BCUT2D eigenvalue weighted by Gasteiger charge is 2.27. The van der Waals surface area contributed by atoms with Gasteiger partial charge in [-0.3, -0.25) is 0 Å². The molecule has 14 rings (SSSR count). The fraction of sp³-hybridized carbons (Fsp3) is 0. The van der Waals surface area contributed by atoms with Gasteiger partial charge in [-0.15, -0.1) is 0 Å². The van der Waals surface area contributed by atoms with Crippen molar-refractivity contribution in [1.29, 1.82) is 0 Å². The summed E-state index contributed by atoms with van der Waals surface area (Å²) in [5.74, 6) is 0. The molecule has 0 amide bonds. The Kier molecular flexibility index (Phi) is 8.08. The Labute approximate surface area is 383 Å². The van der Waals surface area contributed by atoms with Crippen molar-refractivity contribution in [2.24, 2.45) is 0 Å². The molecule has 0 N–H and O–H groups in total. The maximum atomic E-state index is 2.55. The summed E-state index contributed by atoms with van der Waals surface area (Å²) in [6.45, 7) is 0. The van der Waals surface area contributed by atoms with Crippen molar-refractivity contribution in [1.82, 2.24) is 0 Å². The van der Waals surface area contributed by atoms with Gasteiger partial charge in [-0.2, -0.15) is 0 Å². The highest BCUT2D eigenvalue weighted by atomic mass is 14.3. The quantitative estimate of drug-likeness (QED) is 0.146. The third-order valence-corrected chi connectivity index (χ3v) is 14.4. The van der Waals surface area contributed by atoms with E-state index in [-0.39, 0.29) is 0 Å². The first kappa shape index (κ1) is 36.9. The third-order valence-electron chi connectivity index (χ3n) is 14.4. The summed E-state index contributed by atoms with van der Waals surface area (Å²) in [5, 5.41) is 18.2. The van der Waals surface area contributed by atoms with E-state index in [2.05, 4.69) is 243 Å². The molecule has 0 saturated carbocycles. The summed E-state index contributed by atoms with van der Waals surface area (Å²) >= 11 is 0. The van der Waals surface area contributed by atoms with E-state index >= 15 is 0 Å². The fourth-order valence-corrected chi connectivity index (χ4v) is 11.7. The van der Waals surface area contributed by atoms with E-state index in [1.807, 2.05) is 0 Å². The van der Waals surface area contributed by atoms with Crippen molar-refractivity contribution in [3.63, 3.8) is 0 Å². The van der Waals surface area contributed by atoms with Crippen LogP contribution < -0.4 is 0 Å². The van der Waals surface area contributed by atoms with Gasteiger partial charge in [0.1, 0.15) is 0 Å². The number of hydrogen-bond donors (Lipinski definition) is 0. The average Bonchev–Trinajstić information content (AvgIpc) is 3.90. The first-order valence-electron chi connectivity index (χ1n) is 23.0. The molecule has 0 aliphatic heterocycles. The van der Waals surface area contributed by atoms with Crippen molar-refractivity contribution in [2.75, 3.05) is 0 Å². The number of benzene rings is 12. The summed E-state index contributed by atoms with van der Waals surface area (Å²) in [5.41, 5.74) is 15.0. The van der Waals surface area contributed by atoms with E-state index in [0.29, 0.717) is 0 Å². The molecule has 0 aromatic heterocycles. The van der Waals surface area contributed by atoms with Crippen LogP contribution in [0.5, 0.6) is 0 Å². The topological polar surface area (TPSA) is 0 Å². The summed E-state index contributed by atoms with van der Waals surface area (Å²) in [6, 6.07) is 90.2. The predicted molar refractivity (Wildman–Crippen MR) is 284 cm³/mol. The van der Waals surface area contributed by atoms with Gasteiger partial charge in [0.05, 0.1) is 0 Å². The Morgan fingerprint density at radius 3 is 1.23 bits per heavy atom. The second-order valence-electron chi connectivity index (χ2n) is 17.8. The molecule has 0 saturated heterocycles. The van der Waals surface area contributed by atoms with Crippen LogP contribution in [0.3, 0.4) is 0 Å². The lowest BCUT2D eigenvalue weighted by Crippen LogP contribution is -1.91. The number of hydrogen-bond acceptors (Lipinski definition) is 0. The van der Waals surface area contributed by atoms with Crippen LogP contribution in [0.4, 0.5) is 0 Å². The average molecular weight is 833 g/mol. The maximum absolute atomic E-state index is 2.55. The molecule has 14 aromatic carbocycles. The van der Waals surface area contributed by atoms with E-state index < -0.39 is 0 Å². The Bertz CT molecular complexity index is 4170. The van der Waals surface area contributed by atoms with Crippen LogP contribution in [0.15, 0.2) is 243 Å². The Morgan fingerprint density at radius 2 is 0.591 bits per heavy atom. The van der Waals surface area contributed by atoms with Crippen LogP contribution in [0.2, 0.25) is 0 Å². The summed E-state index contributed by atoms with van der Waals surface area (Å²) in [4.78, 5) is 0. The van der Waals surface area contributed by atoms with E-state index in [9.17, 15) is 0 Å². The van der Waals surface area contributed by atoms with Crippen LogP contribution >= 0.6 is 0 Å². The molecule has 0 bridgehead atoms. The van der Waals surface area contributed by atoms with Gasteiger partial charge < -0.3 is 0 Å². The first-order valence-corrected chi connectivity index (χ1v) is 23.0. The monoisotopic (exact) mass is 832 g/mol. The summed E-state index contributed by atoms with van der Waals surface area (Å²) in [6.07, 6.45) is 0. The van der Waals surface area contributed by atoms with Crippen LogP contribution in [0.1, 0.15) is 0 Å².